The van der Waals surface area contributed by atoms with Gasteiger partial charge >= 0.3 is 5.82 Å². The molecule has 1 aliphatic rings. The van der Waals surface area contributed by atoms with Gasteiger partial charge in [-0.1, -0.05) is 26.8 Å². The molecule has 1 aromatic rings. The molecule has 0 aliphatic carbocycles. The minimum atomic E-state index is -0.385. The van der Waals surface area contributed by atoms with Gasteiger partial charge in [-0.05, 0) is 28.2 Å². The number of allylic oxidation sites excluding steroid dienone is 2. The van der Waals surface area contributed by atoms with E-state index in [-0.39, 0.29) is 28.6 Å². The molecule has 0 spiro atoms. The van der Waals surface area contributed by atoms with E-state index in [9.17, 15) is 10.1 Å². The topological polar surface area (TPSA) is 64.2 Å². The fourth-order valence-corrected chi connectivity index (χ4v) is 2.36. The normalized spacial score (nSPS) is 14.5. The first-order valence-electron chi connectivity index (χ1n) is 7.08. The van der Waals surface area contributed by atoms with Crippen LogP contribution in [0.3, 0.4) is 0 Å². The zero-order valence-electron chi connectivity index (χ0n) is 13.4. The Morgan fingerprint density at radius 2 is 2.05 bits per heavy atom. The molecule has 0 bridgehead atoms. The molecule has 0 atom stereocenters. The van der Waals surface area contributed by atoms with Crippen molar-refractivity contribution in [1.29, 1.82) is 0 Å². The van der Waals surface area contributed by atoms with Crippen molar-refractivity contribution in [2.45, 2.75) is 34.2 Å². The maximum Gasteiger partial charge on any atom is 0.342 e. The van der Waals surface area contributed by atoms with Crippen LogP contribution in [0.1, 0.15) is 26.6 Å². The summed E-state index contributed by atoms with van der Waals surface area (Å²) in [5.41, 5.74) is 1.48. The number of aryl methyl sites for hydroxylation is 1. The fourth-order valence-electron chi connectivity index (χ4n) is 2.36. The molecule has 0 saturated heterocycles. The molecule has 1 aliphatic heterocycles. The van der Waals surface area contributed by atoms with Crippen molar-refractivity contribution in [1.82, 2.24) is 14.5 Å². The molecule has 1 aromatic heterocycles. The summed E-state index contributed by atoms with van der Waals surface area (Å²) >= 11 is 0. The predicted molar refractivity (Wildman–Crippen MR) is 81.9 cm³/mol. The third-order valence-corrected chi connectivity index (χ3v) is 3.71. The van der Waals surface area contributed by atoms with Crippen LogP contribution in [-0.4, -0.2) is 32.5 Å². The molecule has 6 nitrogen and oxygen atoms in total. The van der Waals surface area contributed by atoms with Gasteiger partial charge < -0.3 is 27.4 Å². The Morgan fingerprint density at radius 1 is 1.36 bits per heavy atom. The summed E-state index contributed by atoms with van der Waals surface area (Å²) in [4.78, 5) is 16.7. The summed E-state index contributed by atoms with van der Waals surface area (Å²) in [5, 5.41) is 10.9. The van der Waals surface area contributed by atoms with Crippen LogP contribution in [0.5, 0.6) is 0 Å². The van der Waals surface area contributed by atoms with Gasteiger partial charge in [-0.25, -0.2) is 9.55 Å². The minimum absolute atomic E-state index is 0. The first kappa shape index (κ1) is 18.2. The van der Waals surface area contributed by atoms with Gasteiger partial charge in [0.2, 0.25) is 0 Å². The molecule has 2 rings (SSSR count). The first-order valence-corrected chi connectivity index (χ1v) is 7.08. The summed E-state index contributed by atoms with van der Waals surface area (Å²) in [6.45, 7) is 10.5. The molecule has 122 valence electrons. The number of nitrogens with zero attached hydrogens (tertiary/aromatic N) is 4. The molecule has 7 heteroatoms. The van der Waals surface area contributed by atoms with Gasteiger partial charge in [0.05, 0.1) is 6.54 Å². The summed E-state index contributed by atoms with van der Waals surface area (Å²) in [6, 6.07) is 0. The predicted octanol–water partition coefficient (Wildman–Crippen LogP) is -0.0945. The number of halogens is 1. The summed E-state index contributed by atoms with van der Waals surface area (Å²) in [6.07, 6.45) is 7.73. The Bertz CT molecular complexity index is 599. The highest BCUT2D eigenvalue weighted by molar-refractivity contribution is 5.27. The van der Waals surface area contributed by atoms with Crippen LogP contribution in [0, 0.1) is 22.5 Å². The zero-order valence-corrected chi connectivity index (χ0v) is 14.2. The van der Waals surface area contributed by atoms with Gasteiger partial charge in [-0.2, -0.15) is 0 Å². The van der Waals surface area contributed by atoms with Crippen molar-refractivity contribution in [3.8, 4) is 0 Å². The van der Waals surface area contributed by atoms with Gasteiger partial charge in [0, 0.05) is 13.5 Å². The number of aromatic nitrogens is 2. The second-order valence-electron chi connectivity index (χ2n) is 6.29. The van der Waals surface area contributed by atoms with E-state index in [1.807, 2.05) is 0 Å². The van der Waals surface area contributed by atoms with Crippen LogP contribution >= 0.6 is 0 Å². The van der Waals surface area contributed by atoms with Crippen LogP contribution in [-0.2, 0) is 6.54 Å². The largest absolute Gasteiger partial charge is 1.00 e. The van der Waals surface area contributed by atoms with Gasteiger partial charge in [0.15, 0.2) is 5.82 Å². The van der Waals surface area contributed by atoms with E-state index in [0.29, 0.717) is 12.4 Å². The molecular weight excluding hydrogens is 304 g/mol. The van der Waals surface area contributed by atoms with Crippen LogP contribution in [0.15, 0.2) is 30.1 Å². The lowest BCUT2D eigenvalue weighted by molar-refractivity contribution is -0.392. The standard InChI is InChI=1S/C15H22N4O2.ClH/c1-12-16-11-14(19(20)21)18(12)10-9-17-7-5-13(6-8-17)15(2,3)4;/h5-7,11H,8-10H2,1-4H3;1H/p-1. The van der Waals surface area contributed by atoms with Crippen LogP contribution in [0.25, 0.3) is 0 Å². The molecule has 2 heterocycles. The van der Waals surface area contributed by atoms with Gasteiger partial charge in [0.1, 0.15) is 12.7 Å². The van der Waals surface area contributed by atoms with Gasteiger partial charge in [0.25, 0.3) is 0 Å². The van der Waals surface area contributed by atoms with Crippen LogP contribution in [0.4, 0.5) is 5.82 Å². The average molecular weight is 326 g/mol. The van der Waals surface area contributed by atoms with Crippen molar-refractivity contribution in [3.63, 3.8) is 0 Å². The first-order chi connectivity index (χ1) is 9.79. The number of hydrogen-bond donors (Lipinski definition) is 0. The van der Waals surface area contributed by atoms with E-state index in [1.165, 1.54) is 11.8 Å². The summed E-state index contributed by atoms with van der Waals surface area (Å²) in [5.74, 6) is 0.730. The van der Waals surface area contributed by atoms with E-state index >= 15 is 0 Å². The molecule has 0 radical (unpaired) electrons. The van der Waals surface area contributed by atoms with Crippen molar-refractivity contribution in [3.05, 3.63) is 46.1 Å². The van der Waals surface area contributed by atoms with Crippen LogP contribution < -0.4 is 12.4 Å². The monoisotopic (exact) mass is 325 g/mol. The number of nitro groups is 1. The Kier molecular flexibility index (Phi) is 5.77. The molecular formula is C15H22ClN4O2-. The highest BCUT2D eigenvalue weighted by atomic mass is 35.5. The highest BCUT2D eigenvalue weighted by Crippen LogP contribution is 2.28. The number of rotatable bonds is 4. The third-order valence-electron chi connectivity index (χ3n) is 3.71. The molecule has 0 unspecified atom stereocenters. The third kappa shape index (κ3) is 4.10. The molecule has 0 saturated carbocycles. The van der Waals surface area contributed by atoms with E-state index in [2.05, 4.69) is 49.0 Å². The van der Waals surface area contributed by atoms with Gasteiger partial charge in [-0.15, -0.1) is 0 Å². The SMILES string of the molecule is Cc1ncc([N+](=O)[O-])n1CCN1C=CC(C(C)(C)C)=CC1.[Cl-]. The Balaban J connectivity index is 0.00000242. The summed E-state index contributed by atoms with van der Waals surface area (Å²) in [7, 11) is 0. The Labute approximate surface area is 137 Å². The lowest BCUT2D eigenvalue weighted by Crippen LogP contribution is -3.00. The van der Waals surface area contributed by atoms with Crippen molar-refractivity contribution >= 4 is 5.82 Å². The van der Waals surface area contributed by atoms with E-state index in [1.54, 1.807) is 11.5 Å². The minimum Gasteiger partial charge on any atom is -1.00 e. The quantitative estimate of drug-likeness (QED) is 0.573. The lowest BCUT2D eigenvalue weighted by Gasteiger charge is -2.27. The molecule has 0 N–H and O–H groups in total. The molecule has 0 fully saturated rings. The molecule has 0 aromatic carbocycles. The molecule has 0 amide bonds. The van der Waals surface area contributed by atoms with Gasteiger partial charge in [-0.3, -0.25) is 0 Å². The lowest BCUT2D eigenvalue weighted by atomic mass is 9.85. The molecule has 22 heavy (non-hydrogen) atoms. The highest BCUT2D eigenvalue weighted by Gasteiger charge is 2.20. The van der Waals surface area contributed by atoms with E-state index in [4.69, 9.17) is 0 Å². The summed E-state index contributed by atoms with van der Waals surface area (Å²) < 4.78 is 1.65. The second-order valence-corrected chi connectivity index (χ2v) is 6.29. The van der Waals surface area contributed by atoms with Crippen molar-refractivity contribution in [2.75, 3.05) is 13.1 Å². The Hall–Kier alpha value is -1.82. The second kappa shape index (κ2) is 6.96. The van der Waals surface area contributed by atoms with E-state index in [0.717, 1.165) is 13.1 Å². The van der Waals surface area contributed by atoms with E-state index < -0.39 is 0 Å². The number of hydrogen-bond acceptors (Lipinski definition) is 4. The zero-order chi connectivity index (χ0) is 15.6. The number of imidazole rings is 1. The maximum absolute atomic E-state index is 10.9. The fraction of sp³-hybridized carbons (Fsp3) is 0.533. The Morgan fingerprint density at radius 3 is 2.55 bits per heavy atom. The smallest absolute Gasteiger partial charge is 0.342 e. The van der Waals surface area contributed by atoms with Crippen molar-refractivity contribution < 1.29 is 17.3 Å². The maximum atomic E-state index is 10.9. The average Bonchev–Trinajstić information content (AvgIpc) is 2.77. The van der Waals surface area contributed by atoms with Crippen molar-refractivity contribution in [2.24, 2.45) is 5.41 Å². The van der Waals surface area contributed by atoms with Crippen LogP contribution in [0.2, 0.25) is 0 Å².